The molecule has 1 aromatic carbocycles. The first-order valence-electron chi connectivity index (χ1n) is 6.41. The normalized spacial score (nSPS) is 11.2. The van der Waals surface area contributed by atoms with Crippen LogP contribution in [0.25, 0.3) is 11.6 Å². The Morgan fingerprint density at radius 2 is 2.04 bits per heavy atom. The van der Waals surface area contributed by atoms with Crippen LogP contribution in [0.1, 0.15) is 5.56 Å². The maximum atomic E-state index is 13.8. The molecule has 0 spiro atoms. The van der Waals surface area contributed by atoms with Crippen LogP contribution in [0.2, 0.25) is 0 Å². The van der Waals surface area contributed by atoms with Crippen molar-refractivity contribution in [2.45, 2.75) is 4.90 Å². The summed E-state index contributed by atoms with van der Waals surface area (Å²) in [6, 6.07) is 3.91. The first-order chi connectivity index (χ1) is 11.4. The summed E-state index contributed by atoms with van der Waals surface area (Å²) in [5.74, 6) is -1.93. The monoisotopic (exact) mass is 350 g/mol. The minimum atomic E-state index is -4.18. The van der Waals surface area contributed by atoms with Gasteiger partial charge in [0.25, 0.3) is 10.0 Å². The molecule has 2 heterocycles. The third-order valence-electron chi connectivity index (χ3n) is 3.05. The highest BCUT2D eigenvalue weighted by molar-refractivity contribution is 7.92. The van der Waals surface area contributed by atoms with Gasteiger partial charge in [-0.1, -0.05) is 0 Å². The van der Waals surface area contributed by atoms with Crippen LogP contribution in [0.4, 0.5) is 14.5 Å². The van der Waals surface area contributed by atoms with Crippen LogP contribution >= 0.6 is 0 Å². The average molecular weight is 350 g/mol. The molecule has 0 fully saturated rings. The number of oxazole rings is 1. The Morgan fingerprint density at radius 3 is 2.71 bits per heavy atom. The molecule has 0 saturated heterocycles. The van der Waals surface area contributed by atoms with Gasteiger partial charge < -0.3 is 9.40 Å². The smallest absolute Gasteiger partial charge is 0.263 e. The van der Waals surface area contributed by atoms with E-state index in [2.05, 4.69) is 9.97 Å². The molecular formula is C14H8F2N4O3S. The fourth-order valence-corrected chi connectivity index (χ4v) is 2.97. The first kappa shape index (κ1) is 15.7. The molecule has 3 aromatic rings. The second kappa shape index (κ2) is 5.78. The number of H-pyrrole nitrogens is 1. The molecule has 0 amide bonds. The summed E-state index contributed by atoms with van der Waals surface area (Å²) in [6.07, 6.45) is 3.86. The van der Waals surface area contributed by atoms with Crippen molar-refractivity contribution in [3.05, 3.63) is 54.1 Å². The number of rotatable bonds is 4. The van der Waals surface area contributed by atoms with Gasteiger partial charge >= 0.3 is 0 Å². The number of aromatic nitrogens is 2. The predicted molar refractivity (Wildman–Crippen MR) is 78.2 cm³/mol. The standard InChI is InChI=1S/C14H8F2N4O3S/c15-10-5-12(11(16)3-8(10)6-17)20-24(21,22)9-4-13(19-7-9)14-18-1-2-23-14/h1-5,7,19-20H. The van der Waals surface area contributed by atoms with E-state index >= 15 is 0 Å². The second-order valence-electron chi connectivity index (χ2n) is 4.62. The van der Waals surface area contributed by atoms with Crippen molar-refractivity contribution in [1.82, 2.24) is 9.97 Å². The fourth-order valence-electron chi connectivity index (χ4n) is 1.92. The Balaban J connectivity index is 1.93. The van der Waals surface area contributed by atoms with Crippen molar-refractivity contribution in [2.75, 3.05) is 4.72 Å². The molecule has 0 aliphatic carbocycles. The summed E-state index contributed by atoms with van der Waals surface area (Å²) in [4.78, 5) is 6.29. The molecule has 0 saturated carbocycles. The Hall–Kier alpha value is -3.19. The van der Waals surface area contributed by atoms with Crippen LogP contribution in [-0.2, 0) is 10.0 Å². The molecular weight excluding hydrogens is 342 g/mol. The summed E-state index contributed by atoms with van der Waals surface area (Å²) in [5, 5.41) is 8.62. The minimum Gasteiger partial charge on any atom is -0.443 e. The quantitative estimate of drug-likeness (QED) is 0.751. The number of benzene rings is 1. The Bertz CT molecular complexity index is 1040. The van der Waals surface area contributed by atoms with Crippen molar-refractivity contribution in [2.24, 2.45) is 0 Å². The molecule has 10 heteroatoms. The van der Waals surface area contributed by atoms with Crippen LogP contribution in [0.15, 0.2) is 46.2 Å². The summed E-state index contributed by atoms with van der Waals surface area (Å²) in [7, 11) is -4.18. The van der Waals surface area contributed by atoms with Gasteiger partial charge in [-0.25, -0.2) is 22.2 Å². The number of halogens is 2. The van der Waals surface area contributed by atoms with Gasteiger partial charge in [0, 0.05) is 12.3 Å². The zero-order valence-electron chi connectivity index (χ0n) is 11.7. The molecule has 0 atom stereocenters. The molecule has 2 N–H and O–H groups in total. The van der Waals surface area contributed by atoms with Gasteiger partial charge in [-0.3, -0.25) is 4.72 Å². The SMILES string of the molecule is N#Cc1cc(F)c(NS(=O)(=O)c2c[nH]c(-c3ncco3)c2)cc1F. The van der Waals surface area contributed by atoms with Gasteiger partial charge in [-0.05, 0) is 12.1 Å². The maximum Gasteiger partial charge on any atom is 0.263 e. The fraction of sp³-hybridized carbons (Fsp3) is 0. The van der Waals surface area contributed by atoms with E-state index in [0.717, 1.165) is 6.20 Å². The van der Waals surface area contributed by atoms with E-state index in [1.165, 1.54) is 24.6 Å². The number of hydrogen-bond donors (Lipinski definition) is 2. The van der Waals surface area contributed by atoms with Gasteiger partial charge in [0.15, 0.2) is 0 Å². The lowest BCUT2D eigenvalue weighted by Gasteiger charge is -2.08. The summed E-state index contributed by atoms with van der Waals surface area (Å²) < 4.78 is 58.9. The van der Waals surface area contributed by atoms with Crippen LogP contribution in [0.5, 0.6) is 0 Å². The molecule has 0 bridgehead atoms. The Labute approximate surface area is 134 Å². The van der Waals surface area contributed by atoms with Crippen molar-refractivity contribution >= 4 is 15.7 Å². The van der Waals surface area contributed by atoms with Crippen LogP contribution in [0.3, 0.4) is 0 Å². The average Bonchev–Trinajstić information content (AvgIpc) is 3.20. The van der Waals surface area contributed by atoms with E-state index in [1.54, 1.807) is 0 Å². The van der Waals surface area contributed by atoms with Gasteiger partial charge in [0.05, 0.1) is 17.4 Å². The summed E-state index contributed by atoms with van der Waals surface area (Å²) >= 11 is 0. The van der Waals surface area contributed by atoms with E-state index < -0.39 is 32.9 Å². The maximum absolute atomic E-state index is 13.8. The summed E-state index contributed by atoms with van der Waals surface area (Å²) in [5.41, 5.74) is -0.833. The van der Waals surface area contributed by atoms with Gasteiger partial charge in [-0.15, -0.1) is 0 Å². The van der Waals surface area contributed by atoms with Crippen molar-refractivity contribution in [1.29, 1.82) is 5.26 Å². The van der Waals surface area contributed by atoms with E-state index in [4.69, 9.17) is 9.68 Å². The zero-order chi connectivity index (χ0) is 17.3. The van der Waals surface area contributed by atoms with E-state index in [1.807, 2.05) is 4.72 Å². The Kier molecular flexibility index (Phi) is 3.78. The molecule has 2 aromatic heterocycles. The van der Waals surface area contributed by atoms with E-state index in [0.29, 0.717) is 17.8 Å². The highest BCUT2D eigenvalue weighted by Crippen LogP contribution is 2.24. The van der Waals surface area contributed by atoms with Crippen LogP contribution in [-0.4, -0.2) is 18.4 Å². The van der Waals surface area contributed by atoms with E-state index in [9.17, 15) is 17.2 Å². The molecule has 122 valence electrons. The number of nitrogens with one attached hydrogen (secondary N) is 2. The third-order valence-corrected chi connectivity index (χ3v) is 4.40. The largest absolute Gasteiger partial charge is 0.443 e. The van der Waals surface area contributed by atoms with Crippen molar-refractivity contribution in [3.63, 3.8) is 0 Å². The lowest BCUT2D eigenvalue weighted by molar-refractivity contribution is 0.572. The number of sulfonamides is 1. The number of aromatic amines is 1. The molecule has 0 unspecified atom stereocenters. The highest BCUT2D eigenvalue weighted by atomic mass is 32.2. The lowest BCUT2D eigenvalue weighted by atomic mass is 10.2. The highest BCUT2D eigenvalue weighted by Gasteiger charge is 2.20. The number of nitriles is 1. The van der Waals surface area contributed by atoms with Crippen LogP contribution < -0.4 is 4.72 Å². The number of nitrogens with zero attached hydrogens (tertiary/aromatic N) is 2. The predicted octanol–water partition coefficient (Wildman–Crippen LogP) is 2.62. The molecule has 0 aliphatic heterocycles. The molecule has 3 rings (SSSR count). The van der Waals surface area contributed by atoms with Gasteiger partial charge in [0.1, 0.15) is 34.6 Å². The second-order valence-corrected chi connectivity index (χ2v) is 6.30. The van der Waals surface area contributed by atoms with Crippen molar-refractivity contribution < 1.29 is 21.6 Å². The molecule has 0 radical (unpaired) electrons. The van der Waals surface area contributed by atoms with Gasteiger partial charge in [-0.2, -0.15) is 5.26 Å². The minimum absolute atomic E-state index is 0.173. The Morgan fingerprint density at radius 1 is 1.25 bits per heavy atom. The third kappa shape index (κ3) is 2.84. The molecule has 7 nitrogen and oxygen atoms in total. The van der Waals surface area contributed by atoms with Crippen LogP contribution in [0, 0.1) is 23.0 Å². The molecule has 0 aliphatic rings. The zero-order valence-corrected chi connectivity index (χ0v) is 12.6. The summed E-state index contributed by atoms with van der Waals surface area (Å²) in [6.45, 7) is 0. The van der Waals surface area contributed by atoms with E-state index in [-0.39, 0.29) is 10.8 Å². The lowest BCUT2D eigenvalue weighted by Crippen LogP contribution is -2.13. The molecule has 24 heavy (non-hydrogen) atoms. The van der Waals surface area contributed by atoms with Crippen molar-refractivity contribution in [3.8, 4) is 17.7 Å². The topological polar surface area (TPSA) is 112 Å². The van der Waals surface area contributed by atoms with Gasteiger partial charge in [0.2, 0.25) is 5.89 Å². The number of anilines is 1. The first-order valence-corrected chi connectivity index (χ1v) is 7.89. The number of hydrogen-bond acceptors (Lipinski definition) is 5.